The number of halogens is 1. The fraction of sp³-hybridized carbons (Fsp3) is 0.500. The van der Waals surface area contributed by atoms with Gasteiger partial charge in [0, 0.05) is 18.4 Å². The summed E-state index contributed by atoms with van der Waals surface area (Å²) in [6, 6.07) is 10.5. The highest BCUT2D eigenvalue weighted by atomic mass is 32.2. The number of hydrogen-bond donors (Lipinski definition) is 4. The minimum Gasteiger partial charge on any atom is -0.465 e. The summed E-state index contributed by atoms with van der Waals surface area (Å²) >= 11 is 1.06. The lowest BCUT2D eigenvalue weighted by molar-refractivity contribution is -0.147. The Hall–Kier alpha value is -1.72. The standard InChI is InChI=1S/C24H27FO7S/c25-18-10-15-12-31-24(23(29)22(28)21(27)19(11-26)33-24)17(15)9-14(18)8-13-3-5-16(6-4-13)32-20-2-1-7-30-20/h3-6,9-10,19-23,26-29H,1-2,7-8,11-12H2/t19-,20?,21-,22+,23-,24+/m1/s1. The van der Waals surface area contributed by atoms with Crippen LogP contribution in [-0.4, -0.2) is 63.5 Å². The highest BCUT2D eigenvalue weighted by molar-refractivity contribution is 8.00. The Morgan fingerprint density at radius 3 is 2.61 bits per heavy atom. The van der Waals surface area contributed by atoms with Crippen molar-refractivity contribution >= 4 is 11.8 Å². The van der Waals surface area contributed by atoms with Crippen LogP contribution >= 0.6 is 11.8 Å². The SMILES string of the molecule is OC[C@H]1S[C@]2(OCc3cc(F)c(Cc4ccc(OC5CCCO5)cc4)cc32)[C@H](O)[C@@H](O)[C@@H]1O. The molecule has 2 saturated heterocycles. The molecule has 178 valence electrons. The third kappa shape index (κ3) is 4.16. The van der Waals surface area contributed by atoms with Crippen LogP contribution in [0.1, 0.15) is 35.1 Å². The zero-order valence-electron chi connectivity index (χ0n) is 17.9. The molecule has 7 nitrogen and oxygen atoms in total. The number of ether oxygens (including phenoxy) is 3. The highest BCUT2D eigenvalue weighted by Gasteiger charge is 2.57. The van der Waals surface area contributed by atoms with Gasteiger partial charge >= 0.3 is 0 Å². The van der Waals surface area contributed by atoms with Gasteiger partial charge in [-0.25, -0.2) is 4.39 Å². The second kappa shape index (κ2) is 9.14. The summed E-state index contributed by atoms with van der Waals surface area (Å²) in [5.41, 5.74) is 2.42. The number of hydrogen-bond acceptors (Lipinski definition) is 8. The quantitative estimate of drug-likeness (QED) is 0.515. The number of thioether (sulfide) groups is 1. The molecule has 0 radical (unpaired) electrons. The molecule has 0 saturated carbocycles. The van der Waals surface area contributed by atoms with E-state index in [1.807, 2.05) is 24.3 Å². The first-order valence-corrected chi connectivity index (χ1v) is 11.9. The first-order chi connectivity index (χ1) is 15.9. The van der Waals surface area contributed by atoms with Crippen LogP contribution in [0.5, 0.6) is 5.75 Å². The zero-order valence-corrected chi connectivity index (χ0v) is 18.7. The van der Waals surface area contributed by atoms with Gasteiger partial charge in [0.15, 0.2) is 11.2 Å². The molecule has 0 aromatic heterocycles. The third-order valence-corrected chi connectivity index (χ3v) is 8.17. The first kappa shape index (κ1) is 23.0. The molecule has 0 amide bonds. The van der Waals surface area contributed by atoms with Crippen molar-refractivity contribution in [3.8, 4) is 5.75 Å². The van der Waals surface area contributed by atoms with Crippen molar-refractivity contribution in [2.75, 3.05) is 13.2 Å². The fourth-order valence-electron chi connectivity index (χ4n) is 4.68. The van der Waals surface area contributed by atoms with Gasteiger partial charge in [-0.3, -0.25) is 0 Å². The van der Waals surface area contributed by atoms with E-state index in [4.69, 9.17) is 14.2 Å². The second-order valence-electron chi connectivity index (χ2n) is 8.70. The van der Waals surface area contributed by atoms with Gasteiger partial charge in [-0.05, 0) is 47.4 Å². The molecular weight excluding hydrogens is 451 g/mol. The monoisotopic (exact) mass is 478 g/mol. The maximum Gasteiger partial charge on any atom is 0.199 e. The first-order valence-electron chi connectivity index (χ1n) is 11.1. The van der Waals surface area contributed by atoms with E-state index >= 15 is 0 Å². The minimum absolute atomic E-state index is 0.0623. The maximum absolute atomic E-state index is 14.9. The van der Waals surface area contributed by atoms with E-state index in [0.29, 0.717) is 35.5 Å². The van der Waals surface area contributed by atoms with Crippen molar-refractivity contribution in [3.63, 3.8) is 0 Å². The summed E-state index contributed by atoms with van der Waals surface area (Å²) in [5.74, 6) is 0.306. The van der Waals surface area contributed by atoms with Crippen LogP contribution in [0.25, 0.3) is 0 Å². The van der Waals surface area contributed by atoms with E-state index in [-0.39, 0.29) is 18.7 Å². The minimum atomic E-state index is -1.50. The van der Waals surface area contributed by atoms with Crippen LogP contribution < -0.4 is 4.74 Å². The average Bonchev–Trinajstić information content (AvgIpc) is 3.45. The lowest BCUT2D eigenvalue weighted by Crippen LogP contribution is -2.58. The van der Waals surface area contributed by atoms with Crippen molar-refractivity contribution in [1.29, 1.82) is 0 Å². The summed E-state index contributed by atoms with van der Waals surface area (Å²) < 4.78 is 32.1. The molecule has 2 aromatic carbocycles. The molecule has 2 fully saturated rings. The summed E-state index contributed by atoms with van der Waals surface area (Å²) in [4.78, 5) is -1.39. The molecule has 3 aliphatic rings. The Morgan fingerprint density at radius 2 is 1.91 bits per heavy atom. The number of aliphatic hydroxyl groups excluding tert-OH is 4. The molecule has 33 heavy (non-hydrogen) atoms. The average molecular weight is 479 g/mol. The predicted molar refractivity (Wildman–Crippen MR) is 118 cm³/mol. The molecule has 1 spiro atoms. The summed E-state index contributed by atoms with van der Waals surface area (Å²) in [6.07, 6.45) is -2.31. The Morgan fingerprint density at radius 1 is 1.12 bits per heavy atom. The van der Waals surface area contributed by atoms with Gasteiger partial charge in [-0.15, -0.1) is 11.8 Å². The zero-order chi connectivity index (χ0) is 23.2. The molecular formula is C24H27FO7S. The molecule has 5 rings (SSSR count). The highest BCUT2D eigenvalue weighted by Crippen LogP contribution is 2.54. The number of rotatable bonds is 5. The smallest absolute Gasteiger partial charge is 0.199 e. The van der Waals surface area contributed by atoms with Crippen LogP contribution in [0.15, 0.2) is 36.4 Å². The Kier molecular flexibility index (Phi) is 6.39. The van der Waals surface area contributed by atoms with Crippen LogP contribution in [0.3, 0.4) is 0 Å². The third-order valence-electron chi connectivity index (χ3n) is 6.51. The number of aliphatic hydroxyl groups is 4. The Bertz CT molecular complexity index is 995. The van der Waals surface area contributed by atoms with Gasteiger partial charge in [-0.1, -0.05) is 12.1 Å². The molecule has 3 heterocycles. The van der Waals surface area contributed by atoms with Gasteiger partial charge in [0.1, 0.15) is 23.8 Å². The molecule has 4 N–H and O–H groups in total. The number of fused-ring (bicyclic) bond motifs is 2. The van der Waals surface area contributed by atoms with E-state index in [1.54, 1.807) is 6.07 Å². The van der Waals surface area contributed by atoms with Crippen molar-refractivity contribution < 1.29 is 39.0 Å². The van der Waals surface area contributed by atoms with Crippen LogP contribution in [0, 0.1) is 5.82 Å². The molecule has 0 bridgehead atoms. The van der Waals surface area contributed by atoms with E-state index in [2.05, 4.69) is 0 Å². The fourth-order valence-corrected chi connectivity index (χ4v) is 6.23. The van der Waals surface area contributed by atoms with Crippen molar-refractivity contribution in [3.05, 3.63) is 64.5 Å². The lowest BCUT2D eigenvalue weighted by Gasteiger charge is -2.45. The van der Waals surface area contributed by atoms with Crippen molar-refractivity contribution in [1.82, 2.24) is 0 Å². The van der Waals surface area contributed by atoms with Gasteiger partial charge in [-0.2, -0.15) is 0 Å². The maximum atomic E-state index is 14.9. The van der Waals surface area contributed by atoms with Crippen LogP contribution in [0.2, 0.25) is 0 Å². The second-order valence-corrected chi connectivity index (χ2v) is 10.2. The van der Waals surface area contributed by atoms with Crippen LogP contribution in [-0.2, 0) is 27.4 Å². The molecule has 0 aliphatic carbocycles. The lowest BCUT2D eigenvalue weighted by atomic mass is 9.91. The topological polar surface area (TPSA) is 109 Å². The van der Waals surface area contributed by atoms with Gasteiger partial charge < -0.3 is 34.6 Å². The number of benzene rings is 2. The van der Waals surface area contributed by atoms with E-state index in [9.17, 15) is 24.8 Å². The molecule has 9 heteroatoms. The van der Waals surface area contributed by atoms with Crippen molar-refractivity contribution in [2.24, 2.45) is 0 Å². The summed E-state index contributed by atoms with van der Waals surface area (Å²) in [5, 5.41) is 40.3. The van der Waals surface area contributed by atoms with E-state index < -0.39 is 35.1 Å². The van der Waals surface area contributed by atoms with Gasteiger partial charge in [0.05, 0.1) is 31.2 Å². The Balaban J connectivity index is 1.40. The molecule has 2 aromatic rings. The van der Waals surface area contributed by atoms with Crippen LogP contribution in [0.4, 0.5) is 4.39 Å². The summed E-state index contributed by atoms with van der Waals surface area (Å²) in [6.45, 7) is 0.366. The molecule has 3 aliphatic heterocycles. The van der Waals surface area contributed by atoms with Gasteiger partial charge in [0.2, 0.25) is 0 Å². The van der Waals surface area contributed by atoms with Crippen molar-refractivity contribution in [2.45, 2.75) is 60.7 Å². The largest absolute Gasteiger partial charge is 0.465 e. The van der Waals surface area contributed by atoms with E-state index in [0.717, 1.165) is 30.2 Å². The molecule has 1 unspecified atom stereocenters. The summed E-state index contributed by atoms with van der Waals surface area (Å²) in [7, 11) is 0. The predicted octanol–water partition coefficient (Wildman–Crippen LogP) is 1.81. The Labute approximate surface area is 195 Å². The molecule has 6 atom stereocenters. The van der Waals surface area contributed by atoms with E-state index in [1.165, 1.54) is 6.07 Å². The van der Waals surface area contributed by atoms with Gasteiger partial charge in [0.25, 0.3) is 0 Å². The normalized spacial score (nSPS) is 33.4.